The predicted octanol–water partition coefficient (Wildman–Crippen LogP) is 3.74. The van der Waals surface area contributed by atoms with E-state index in [1.54, 1.807) is 0 Å². The van der Waals surface area contributed by atoms with Crippen LogP contribution in [0.1, 0.15) is 63.6 Å². The Balaban J connectivity index is 1.81. The average molecular weight is 505 g/mol. The Morgan fingerprint density at radius 2 is 1.54 bits per heavy atom. The normalized spacial score (nSPS) is 14.0. The highest BCUT2D eigenvalue weighted by Crippen LogP contribution is 2.21. The molecule has 37 heavy (non-hydrogen) atoms. The average Bonchev–Trinajstić information content (AvgIpc) is 3.25. The lowest BCUT2D eigenvalue weighted by atomic mass is 9.75. The summed E-state index contributed by atoms with van der Waals surface area (Å²) in [6, 6.07) is 14.9. The summed E-state index contributed by atoms with van der Waals surface area (Å²) in [7, 11) is -1.70. The number of benzene rings is 2. The molecule has 0 aliphatic heterocycles. The molecule has 8 heteroatoms. The number of aromatic nitrogens is 1. The molecule has 0 saturated heterocycles. The van der Waals surface area contributed by atoms with E-state index in [1.165, 1.54) is 5.56 Å². The van der Waals surface area contributed by atoms with Crippen LogP contribution >= 0.6 is 0 Å². The summed E-state index contributed by atoms with van der Waals surface area (Å²) in [5.74, 6) is -1.31. The van der Waals surface area contributed by atoms with Crippen molar-refractivity contribution in [1.82, 2.24) is 15.6 Å². The smallest absolute Gasteiger partial charge is 0.426 e. The number of fused-ring (bicyclic) bond motifs is 1. The molecule has 1 unspecified atom stereocenters. The highest BCUT2D eigenvalue weighted by molar-refractivity contribution is 6.43. The van der Waals surface area contributed by atoms with Crippen molar-refractivity contribution < 1.29 is 19.6 Å². The predicted molar refractivity (Wildman–Crippen MR) is 149 cm³/mol. The van der Waals surface area contributed by atoms with Crippen LogP contribution in [0.3, 0.4) is 0 Å². The Morgan fingerprint density at radius 1 is 0.865 bits per heavy atom. The summed E-state index contributed by atoms with van der Waals surface area (Å²) in [4.78, 5) is 29.9. The molecule has 0 radical (unpaired) electrons. The van der Waals surface area contributed by atoms with E-state index in [0.29, 0.717) is 12.3 Å². The molecule has 0 spiro atoms. The molecule has 0 saturated carbocycles. The first-order valence-electron chi connectivity index (χ1n) is 13.2. The van der Waals surface area contributed by atoms with Crippen LogP contribution in [0.15, 0.2) is 54.7 Å². The van der Waals surface area contributed by atoms with Gasteiger partial charge in [0.1, 0.15) is 6.04 Å². The minimum Gasteiger partial charge on any atom is -0.426 e. The minimum atomic E-state index is -1.70. The van der Waals surface area contributed by atoms with Crippen molar-refractivity contribution in [1.29, 1.82) is 0 Å². The summed E-state index contributed by atoms with van der Waals surface area (Å²) < 4.78 is 0. The molecule has 3 rings (SSSR count). The van der Waals surface area contributed by atoms with Crippen molar-refractivity contribution in [2.45, 2.75) is 71.8 Å². The second kappa shape index (κ2) is 12.9. The third kappa shape index (κ3) is 7.94. The first kappa shape index (κ1) is 28.5. The second-order valence-corrected chi connectivity index (χ2v) is 10.8. The van der Waals surface area contributed by atoms with Crippen molar-refractivity contribution in [3.63, 3.8) is 0 Å². The summed E-state index contributed by atoms with van der Waals surface area (Å²) >= 11 is 0. The van der Waals surface area contributed by atoms with Gasteiger partial charge in [-0.3, -0.25) is 9.59 Å². The summed E-state index contributed by atoms with van der Waals surface area (Å²) in [5.41, 5.74) is 3.94. The molecule has 2 amide bonds. The third-order valence-corrected chi connectivity index (χ3v) is 6.66. The maximum atomic E-state index is 13.4. The van der Waals surface area contributed by atoms with Crippen molar-refractivity contribution in [2.75, 3.05) is 0 Å². The molecule has 0 aliphatic rings. The van der Waals surface area contributed by atoms with Gasteiger partial charge in [-0.05, 0) is 54.4 Å². The van der Waals surface area contributed by atoms with E-state index in [9.17, 15) is 19.6 Å². The van der Waals surface area contributed by atoms with E-state index in [2.05, 4.69) is 29.5 Å². The van der Waals surface area contributed by atoms with Crippen LogP contribution in [-0.4, -0.2) is 45.9 Å². The van der Waals surface area contributed by atoms with Gasteiger partial charge in [-0.15, -0.1) is 0 Å². The summed E-state index contributed by atoms with van der Waals surface area (Å²) in [5, 5.41) is 26.3. The van der Waals surface area contributed by atoms with E-state index >= 15 is 0 Å². The van der Waals surface area contributed by atoms with Crippen molar-refractivity contribution in [3.05, 3.63) is 71.4 Å². The zero-order valence-corrected chi connectivity index (χ0v) is 22.5. The fourth-order valence-electron chi connectivity index (χ4n) is 4.64. The number of aromatic amines is 1. The molecule has 0 bridgehead atoms. The van der Waals surface area contributed by atoms with Gasteiger partial charge in [0.2, 0.25) is 11.8 Å². The number of nitrogens with one attached hydrogen (secondary N) is 3. The zero-order valence-electron chi connectivity index (χ0n) is 22.5. The van der Waals surface area contributed by atoms with Gasteiger partial charge in [0.05, 0.1) is 11.9 Å². The fourth-order valence-corrected chi connectivity index (χ4v) is 4.64. The number of carbonyl (C=O) groups is 2. The Hall–Kier alpha value is -3.10. The fraction of sp³-hybridized carbons (Fsp3) is 0.448. The molecule has 1 aromatic heterocycles. The van der Waals surface area contributed by atoms with Crippen molar-refractivity contribution >= 4 is 29.8 Å². The van der Waals surface area contributed by atoms with Gasteiger partial charge in [0.25, 0.3) is 0 Å². The van der Waals surface area contributed by atoms with E-state index in [-0.39, 0.29) is 18.2 Å². The molecule has 0 aliphatic carbocycles. The molecule has 3 atom stereocenters. The van der Waals surface area contributed by atoms with Crippen molar-refractivity contribution in [2.24, 2.45) is 11.8 Å². The van der Waals surface area contributed by atoms with Gasteiger partial charge in [-0.2, -0.15) is 0 Å². The lowest BCUT2D eigenvalue weighted by Gasteiger charge is -2.25. The Labute approximate surface area is 220 Å². The standard InChI is InChI=1S/C29H40BN3O4/c1-18(2)14-21-10-12-22(13-11-21)20(5)28(34)32-26(29(35)33-27(30(36)37)15-19(3)4)16-23-17-31-25-9-7-6-8-24(23)25/h6-13,17-20,26-27,31,36-37H,14-16H2,1-5H3,(H,32,34)(H,33,35)/t20?,26-,27-/m0/s1. The number of rotatable bonds is 12. The van der Waals surface area contributed by atoms with E-state index in [1.807, 2.05) is 75.5 Å². The van der Waals surface area contributed by atoms with Gasteiger partial charge >= 0.3 is 7.12 Å². The van der Waals surface area contributed by atoms with Gasteiger partial charge < -0.3 is 25.7 Å². The largest absolute Gasteiger partial charge is 0.475 e. The molecule has 7 nitrogen and oxygen atoms in total. The summed E-state index contributed by atoms with van der Waals surface area (Å²) in [6.45, 7) is 10.1. The van der Waals surface area contributed by atoms with E-state index in [0.717, 1.165) is 28.5 Å². The van der Waals surface area contributed by atoms with Gasteiger partial charge in [0, 0.05) is 23.5 Å². The van der Waals surface area contributed by atoms with Crippen LogP contribution in [0.4, 0.5) is 0 Å². The number of H-pyrrole nitrogens is 1. The number of hydrogen-bond donors (Lipinski definition) is 5. The first-order valence-corrected chi connectivity index (χ1v) is 13.2. The SMILES string of the molecule is CC(C)Cc1ccc(C(C)C(=O)N[C@@H](Cc2c[nH]c3ccccc23)C(=O)N[C@@H](CC(C)C)B(O)O)cc1. The van der Waals surface area contributed by atoms with Gasteiger partial charge in [0.15, 0.2) is 0 Å². The Bertz CT molecular complexity index is 1170. The highest BCUT2D eigenvalue weighted by atomic mass is 16.4. The van der Waals surface area contributed by atoms with Gasteiger partial charge in [-0.25, -0.2) is 0 Å². The Morgan fingerprint density at radius 3 is 2.16 bits per heavy atom. The lowest BCUT2D eigenvalue weighted by molar-refractivity contribution is -0.129. The molecule has 5 N–H and O–H groups in total. The number of para-hydroxylation sites is 1. The van der Waals surface area contributed by atoms with E-state index < -0.39 is 30.9 Å². The first-order chi connectivity index (χ1) is 17.5. The highest BCUT2D eigenvalue weighted by Gasteiger charge is 2.31. The summed E-state index contributed by atoms with van der Waals surface area (Å²) in [6.07, 6.45) is 3.48. The quantitative estimate of drug-likeness (QED) is 0.241. The topological polar surface area (TPSA) is 114 Å². The van der Waals surface area contributed by atoms with Crippen LogP contribution in [0.25, 0.3) is 10.9 Å². The molecular formula is C29H40BN3O4. The van der Waals surface area contributed by atoms with Crippen molar-refractivity contribution in [3.8, 4) is 0 Å². The van der Waals surface area contributed by atoms with Crippen LogP contribution < -0.4 is 10.6 Å². The third-order valence-electron chi connectivity index (χ3n) is 6.66. The molecular weight excluding hydrogens is 465 g/mol. The monoisotopic (exact) mass is 505 g/mol. The number of carbonyl (C=O) groups excluding carboxylic acids is 2. The van der Waals surface area contributed by atoms with Crippen LogP contribution in [0, 0.1) is 11.8 Å². The maximum absolute atomic E-state index is 13.4. The molecule has 0 fully saturated rings. The van der Waals surface area contributed by atoms with Crippen LogP contribution in [0.2, 0.25) is 0 Å². The molecule has 3 aromatic rings. The zero-order chi connectivity index (χ0) is 27.1. The Kier molecular flexibility index (Phi) is 9.95. The minimum absolute atomic E-state index is 0.146. The maximum Gasteiger partial charge on any atom is 0.475 e. The number of hydrogen-bond acceptors (Lipinski definition) is 4. The molecule has 2 aromatic carbocycles. The lowest BCUT2D eigenvalue weighted by Crippen LogP contribution is -2.55. The molecule has 1 heterocycles. The molecule has 198 valence electrons. The second-order valence-electron chi connectivity index (χ2n) is 10.8. The number of amides is 2. The van der Waals surface area contributed by atoms with Crippen LogP contribution in [0.5, 0.6) is 0 Å². The van der Waals surface area contributed by atoms with Gasteiger partial charge in [-0.1, -0.05) is 70.2 Å². The van der Waals surface area contributed by atoms with Crippen LogP contribution in [-0.2, 0) is 22.4 Å². The van der Waals surface area contributed by atoms with E-state index in [4.69, 9.17) is 0 Å².